The first-order chi connectivity index (χ1) is 16.6. The lowest BCUT2D eigenvalue weighted by Crippen LogP contribution is -2.56. The van der Waals surface area contributed by atoms with E-state index in [1.54, 1.807) is 38.3 Å². The molecule has 0 spiro atoms. The predicted octanol–water partition coefficient (Wildman–Crippen LogP) is 1.98. The van der Waals surface area contributed by atoms with Crippen LogP contribution in [0.25, 0.3) is 0 Å². The molecule has 0 saturated carbocycles. The number of piperazine rings is 1. The molecule has 2 aromatic carbocycles. The molecule has 34 heavy (non-hydrogen) atoms. The summed E-state index contributed by atoms with van der Waals surface area (Å²) in [7, 11) is 1.62. The Kier molecular flexibility index (Phi) is 10.8. The molecular formula is C26H37N3O5. The van der Waals surface area contributed by atoms with Crippen LogP contribution in [-0.2, 0) is 16.0 Å². The molecule has 0 aliphatic carbocycles. The van der Waals surface area contributed by atoms with Crippen LogP contribution in [0, 0.1) is 0 Å². The molecule has 0 radical (unpaired) electrons. The van der Waals surface area contributed by atoms with Gasteiger partial charge in [0.05, 0.1) is 25.4 Å². The van der Waals surface area contributed by atoms with Gasteiger partial charge in [-0.15, -0.1) is 0 Å². The minimum atomic E-state index is -0.546. The van der Waals surface area contributed by atoms with E-state index < -0.39 is 6.10 Å². The molecule has 8 nitrogen and oxygen atoms in total. The van der Waals surface area contributed by atoms with Gasteiger partial charge in [0.2, 0.25) is 0 Å². The number of aliphatic hydroxyl groups excluding tert-OH is 1. The van der Waals surface area contributed by atoms with Gasteiger partial charge in [-0.2, -0.15) is 0 Å². The molecule has 0 aromatic heterocycles. The maximum absolute atomic E-state index is 12.7. The number of nitrogens with zero attached hydrogens (tertiary/aromatic N) is 2. The van der Waals surface area contributed by atoms with E-state index in [0.29, 0.717) is 31.1 Å². The second-order valence-corrected chi connectivity index (χ2v) is 8.50. The Labute approximate surface area is 202 Å². The van der Waals surface area contributed by atoms with Gasteiger partial charge in [-0.3, -0.25) is 14.6 Å². The lowest BCUT2D eigenvalue weighted by Gasteiger charge is -2.40. The second kappa shape index (κ2) is 14.0. The van der Waals surface area contributed by atoms with E-state index in [-0.39, 0.29) is 18.7 Å². The Morgan fingerprint density at radius 3 is 2.38 bits per heavy atom. The van der Waals surface area contributed by atoms with Crippen molar-refractivity contribution in [3.63, 3.8) is 0 Å². The summed E-state index contributed by atoms with van der Waals surface area (Å²) in [5.41, 5.74) is 1.86. The molecule has 1 unspecified atom stereocenters. The van der Waals surface area contributed by atoms with Gasteiger partial charge in [-0.25, -0.2) is 0 Å². The molecule has 1 heterocycles. The van der Waals surface area contributed by atoms with Gasteiger partial charge in [0.25, 0.3) is 5.91 Å². The van der Waals surface area contributed by atoms with Crippen LogP contribution in [0.3, 0.4) is 0 Å². The van der Waals surface area contributed by atoms with Crippen LogP contribution in [0.2, 0.25) is 0 Å². The third-order valence-electron chi connectivity index (χ3n) is 6.01. The average molecular weight is 472 g/mol. The molecule has 1 aliphatic heterocycles. The summed E-state index contributed by atoms with van der Waals surface area (Å²) in [6.07, 6.45) is -0.546. The zero-order chi connectivity index (χ0) is 24.2. The highest BCUT2D eigenvalue weighted by molar-refractivity contribution is 5.94. The number of hydrogen-bond acceptors (Lipinski definition) is 7. The first kappa shape index (κ1) is 26.1. The number of aliphatic hydroxyl groups is 1. The minimum Gasteiger partial charge on any atom is -0.468 e. The van der Waals surface area contributed by atoms with Crippen molar-refractivity contribution < 1.29 is 24.1 Å². The second-order valence-electron chi connectivity index (χ2n) is 8.50. The fourth-order valence-corrected chi connectivity index (χ4v) is 4.01. The monoisotopic (exact) mass is 471 g/mol. The predicted molar refractivity (Wildman–Crippen MR) is 131 cm³/mol. The van der Waals surface area contributed by atoms with Crippen molar-refractivity contribution in [3.8, 4) is 5.75 Å². The van der Waals surface area contributed by atoms with Gasteiger partial charge >= 0.3 is 0 Å². The summed E-state index contributed by atoms with van der Waals surface area (Å²) in [4.78, 5) is 17.4. The SMILES string of the molecule is COCCOCOc1ccc(C(=O)NC[C@@H](C(C)O)N2CCN(Cc3ccccc3)CC2)cc1. The Morgan fingerprint density at radius 1 is 1.03 bits per heavy atom. The molecule has 1 saturated heterocycles. The fraction of sp³-hybridized carbons (Fsp3) is 0.500. The largest absolute Gasteiger partial charge is 0.468 e. The number of hydrogen-bond donors (Lipinski definition) is 2. The highest BCUT2D eigenvalue weighted by atomic mass is 16.7. The number of nitrogens with one attached hydrogen (secondary N) is 1. The highest BCUT2D eigenvalue weighted by Crippen LogP contribution is 2.14. The van der Waals surface area contributed by atoms with Crippen LogP contribution in [0.5, 0.6) is 5.75 Å². The summed E-state index contributed by atoms with van der Waals surface area (Å²) in [6.45, 7) is 7.80. The van der Waals surface area contributed by atoms with Crippen LogP contribution in [-0.4, -0.2) is 92.8 Å². The topological polar surface area (TPSA) is 83.5 Å². The molecule has 2 aromatic rings. The minimum absolute atomic E-state index is 0.129. The van der Waals surface area contributed by atoms with Crippen LogP contribution >= 0.6 is 0 Å². The van der Waals surface area contributed by atoms with E-state index >= 15 is 0 Å². The summed E-state index contributed by atoms with van der Waals surface area (Å²) >= 11 is 0. The molecule has 1 fully saturated rings. The Morgan fingerprint density at radius 2 is 1.74 bits per heavy atom. The number of amides is 1. The zero-order valence-electron chi connectivity index (χ0n) is 20.2. The van der Waals surface area contributed by atoms with Crippen molar-refractivity contribution >= 4 is 5.91 Å². The van der Waals surface area contributed by atoms with Gasteiger partial charge < -0.3 is 24.6 Å². The first-order valence-corrected chi connectivity index (χ1v) is 11.8. The van der Waals surface area contributed by atoms with Gasteiger partial charge in [-0.05, 0) is 36.8 Å². The lowest BCUT2D eigenvalue weighted by atomic mass is 10.1. The number of rotatable bonds is 13. The molecule has 186 valence electrons. The standard InChI is InChI=1S/C26H37N3O5/c1-21(30)25(29-14-12-28(13-15-29)19-22-6-4-3-5-7-22)18-27-26(31)23-8-10-24(11-9-23)34-20-33-17-16-32-2/h3-11,21,25,30H,12-20H2,1-2H3,(H,27,31)/t21?,25-/m0/s1. The van der Waals surface area contributed by atoms with Crippen LogP contribution < -0.4 is 10.1 Å². The highest BCUT2D eigenvalue weighted by Gasteiger charge is 2.27. The van der Waals surface area contributed by atoms with Crippen LogP contribution in [0.1, 0.15) is 22.8 Å². The number of carbonyl (C=O) groups excluding carboxylic acids is 1. The van der Waals surface area contributed by atoms with Gasteiger partial charge in [0, 0.05) is 51.9 Å². The Bertz CT molecular complexity index is 839. The van der Waals surface area contributed by atoms with Gasteiger partial charge in [-0.1, -0.05) is 30.3 Å². The molecule has 2 N–H and O–H groups in total. The van der Waals surface area contributed by atoms with Gasteiger partial charge in [0.15, 0.2) is 6.79 Å². The molecule has 0 bridgehead atoms. The van der Waals surface area contributed by atoms with Crippen LogP contribution in [0.15, 0.2) is 54.6 Å². The molecule has 1 aliphatic rings. The number of ether oxygens (including phenoxy) is 3. The van der Waals surface area contributed by atoms with E-state index in [4.69, 9.17) is 14.2 Å². The lowest BCUT2D eigenvalue weighted by molar-refractivity contribution is -0.00847. The van der Waals surface area contributed by atoms with Crippen molar-refractivity contribution in [2.45, 2.75) is 25.6 Å². The van der Waals surface area contributed by atoms with Crippen molar-refractivity contribution in [2.24, 2.45) is 0 Å². The molecular weight excluding hydrogens is 434 g/mol. The number of methoxy groups -OCH3 is 1. The Balaban J connectivity index is 1.43. The zero-order valence-corrected chi connectivity index (χ0v) is 20.2. The molecule has 1 amide bonds. The number of carbonyl (C=O) groups is 1. The van der Waals surface area contributed by atoms with E-state index in [1.807, 2.05) is 6.07 Å². The maximum Gasteiger partial charge on any atom is 0.251 e. The van der Waals surface area contributed by atoms with E-state index in [9.17, 15) is 9.90 Å². The van der Waals surface area contributed by atoms with E-state index in [1.165, 1.54) is 5.56 Å². The summed E-state index contributed by atoms with van der Waals surface area (Å²) in [5, 5.41) is 13.4. The molecule has 3 rings (SSSR count). The number of benzene rings is 2. The summed E-state index contributed by atoms with van der Waals surface area (Å²) < 4.78 is 15.7. The first-order valence-electron chi connectivity index (χ1n) is 11.8. The quantitative estimate of drug-likeness (QED) is 0.341. The molecule has 8 heteroatoms. The van der Waals surface area contributed by atoms with Crippen molar-refractivity contribution in [2.75, 3.05) is 59.8 Å². The van der Waals surface area contributed by atoms with Gasteiger partial charge in [0.1, 0.15) is 5.75 Å². The maximum atomic E-state index is 12.7. The smallest absolute Gasteiger partial charge is 0.251 e. The van der Waals surface area contributed by atoms with Crippen molar-refractivity contribution in [1.82, 2.24) is 15.1 Å². The van der Waals surface area contributed by atoms with E-state index in [2.05, 4.69) is 39.4 Å². The fourth-order valence-electron chi connectivity index (χ4n) is 4.01. The third kappa shape index (κ3) is 8.38. The van der Waals surface area contributed by atoms with Crippen LogP contribution in [0.4, 0.5) is 0 Å². The average Bonchev–Trinajstić information content (AvgIpc) is 2.86. The third-order valence-corrected chi connectivity index (χ3v) is 6.01. The Hall–Kier alpha value is -2.49. The van der Waals surface area contributed by atoms with E-state index in [0.717, 1.165) is 32.7 Å². The molecule has 2 atom stereocenters. The van der Waals surface area contributed by atoms with Crippen molar-refractivity contribution in [1.29, 1.82) is 0 Å². The summed E-state index contributed by atoms with van der Waals surface area (Å²) in [5.74, 6) is 0.459. The normalized spacial score (nSPS) is 16.7. The van der Waals surface area contributed by atoms with Crippen molar-refractivity contribution in [3.05, 3.63) is 65.7 Å². The summed E-state index contributed by atoms with van der Waals surface area (Å²) in [6, 6.07) is 17.3.